The molecule has 0 heterocycles. The number of hydrogen-bond donors (Lipinski definition) is 0. The van der Waals surface area contributed by atoms with Crippen LogP contribution >= 0.6 is 0 Å². The zero-order valence-corrected chi connectivity index (χ0v) is 15.6. The Bertz CT molecular complexity index is 130. The second kappa shape index (κ2) is 12.6. The van der Waals surface area contributed by atoms with Crippen LogP contribution in [0.3, 0.4) is 0 Å². The fraction of sp³-hybridized carbons (Fsp3) is 0. The molecule has 0 N–H and O–H groups in total. The van der Waals surface area contributed by atoms with E-state index in [1.807, 2.05) is 0 Å². The molecule has 13 heteroatoms. The summed E-state index contributed by atoms with van der Waals surface area (Å²) in [5, 5.41) is 0. The van der Waals surface area contributed by atoms with Crippen LogP contribution in [-0.2, 0) is 6.03 Å². The molecule has 76 valence electrons. The first-order valence-corrected chi connectivity index (χ1v) is 9.80. The summed E-state index contributed by atoms with van der Waals surface area (Å²) in [6.07, 6.45) is 0. The summed E-state index contributed by atoms with van der Waals surface area (Å²) < 4.78 is 69.1. The Morgan fingerprint density at radius 3 is 0.538 bits per heavy atom. The van der Waals surface area contributed by atoms with Crippen molar-refractivity contribution in [1.82, 2.24) is 0 Å². The van der Waals surface area contributed by atoms with Crippen molar-refractivity contribution in [2.24, 2.45) is 0 Å². The molecule has 0 amide bonds. The van der Waals surface area contributed by atoms with E-state index in [-0.39, 0.29) is 51.2 Å². The van der Waals surface area contributed by atoms with Gasteiger partial charge in [0.2, 0.25) is 0 Å². The van der Waals surface area contributed by atoms with Crippen LogP contribution in [0.25, 0.3) is 0 Å². The Morgan fingerprint density at radius 1 is 0.538 bits per heavy atom. The van der Waals surface area contributed by atoms with Gasteiger partial charge in [-0.1, -0.05) is 0 Å². The Morgan fingerprint density at radius 2 is 0.538 bits per heavy atom. The van der Waals surface area contributed by atoms with Crippen molar-refractivity contribution in [3.05, 3.63) is 0 Å². The fourth-order valence-electron chi connectivity index (χ4n) is 0. The normalized spacial score (nSPS) is 9.08. The van der Waals surface area contributed by atoms with Crippen LogP contribution in [0, 0.1) is 0 Å². The van der Waals surface area contributed by atoms with Gasteiger partial charge in [-0.3, -0.25) is 0 Å². The molecule has 0 spiro atoms. The molecule has 0 saturated heterocycles. The molecule has 12 radical (unpaired) electrons. The minimum Gasteiger partial charge on any atom is 2.00 e. The van der Waals surface area contributed by atoms with Gasteiger partial charge in [-0.25, -0.2) is 0 Å². The molecule has 0 atom stereocenters. The average molecular weight is 608 g/mol. The van der Waals surface area contributed by atoms with E-state index in [0.29, 0.717) is 0 Å². The molecule has 0 aromatic carbocycles. The van der Waals surface area contributed by atoms with Crippen molar-refractivity contribution in [1.29, 1.82) is 0 Å². The largest absolute Gasteiger partial charge is 2.00 e. The Kier molecular flexibility index (Phi) is 28.7. The fourth-order valence-corrected chi connectivity index (χ4v) is 0. The maximum absolute atomic E-state index is 8.64. The van der Waals surface area contributed by atoms with Crippen molar-refractivity contribution >= 4 is 91.3 Å². The van der Waals surface area contributed by atoms with Crippen LogP contribution in [0.15, 0.2) is 0 Å². The molecule has 0 fully saturated rings. The topological polar surface area (TPSA) is 172 Å². The molecule has 0 aromatic heterocycles. The molecular weight excluding hydrogens is 608 g/mol. The van der Waals surface area contributed by atoms with Gasteiger partial charge < -0.3 is 0 Å². The van der Waals surface area contributed by atoms with Crippen molar-refractivity contribution in [2.75, 3.05) is 0 Å². The Balaban J connectivity index is -0.0000000267. The molecule has 8 nitrogen and oxygen atoms in total. The van der Waals surface area contributed by atoms with E-state index in [9.17, 15) is 0 Å². The van der Waals surface area contributed by atoms with Gasteiger partial charge in [-0.05, 0) is 0 Å². The Labute approximate surface area is 116 Å². The second-order valence-corrected chi connectivity index (χ2v) is 6.00. The first-order valence-electron chi connectivity index (χ1n) is 1.46. The van der Waals surface area contributed by atoms with E-state index in [0.717, 1.165) is 0 Å². The maximum atomic E-state index is 8.64. The third-order valence-electron chi connectivity index (χ3n) is 0. The summed E-state index contributed by atoms with van der Waals surface area (Å²) in [5.74, 6) is 0. The molecule has 0 unspecified atom stereocenters. The molecule has 0 rings (SSSR count). The summed E-state index contributed by atoms with van der Waals surface area (Å²) in [6.45, 7) is 0. The third kappa shape index (κ3) is 351. The van der Waals surface area contributed by atoms with Gasteiger partial charge in [0.25, 0.3) is 0 Å². The first-order chi connectivity index (χ1) is 4.00. The van der Waals surface area contributed by atoms with E-state index in [2.05, 4.69) is 0 Å². The van der Waals surface area contributed by atoms with Crippen LogP contribution in [0.5, 0.6) is 0 Å². The maximum Gasteiger partial charge on any atom is 2.00 e. The van der Waals surface area contributed by atoms with E-state index < -0.39 is 40.1 Å². The van der Waals surface area contributed by atoms with Gasteiger partial charge in [0.1, 0.15) is 0 Å². The van der Waals surface area contributed by atoms with Crippen LogP contribution < -0.4 is 20.3 Å². The zero-order chi connectivity index (χ0) is 9.00. The van der Waals surface area contributed by atoms with Gasteiger partial charge in [0, 0.05) is 0 Å². The van der Waals surface area contributed by atoms with E-state index in [1.165, 1.54) is 0 Å². The number of hydrogen-bond acceptors (Lipinski definition) is 8. The molecule has 0 aromatic rings. The van der Waals surface area contributed by atoms with Gasteiger partial charge in [-0.2, -0.15) is 0 Å². The smallest absolute Gasteiger partial charge is 2.00 e. The van der Waals surface area contributed by atoms with Crippen LogP contribution in [-0.4, -0.2) is 91.3 Å². The summed E-state index contributed by atoms with van der Waals surface area (Å²) >= 11 is -12.2. The predicted molar refractivity (Wildman–Crippen MR) is 30.1 cm³/mol. The summed E-state index contributed by atoms with van der Waals surface area (Å²) in [5.41, 5.74) is 0. The second-order valence-electron chi connectivity index (χ2n) is 0.894. The molecule has 0 saturated carbocycles. The monoisotopic (exact) mass is 610 g/mol. The number of rotatable bonds is 0. The molecule has 0 aliphatic rings. The van der Waals surface area contributed by atoms with Crippen LogP contribution in [0.4, 0.5) is 0 Å². The summed E-state index contributed by atoms with van der Waals surface area (Å²) in [7, 11) is 0. The predicted octanol–water partition coefficient (Wildman–Crippen LogP) is -9.28. The molecule has 0 aliphatic heterocycles. The summed E-state index contributed by atoms with van der Waals surface area (Å²) in [6, 6.07) is 0. The average Bonchev–Trinajstić information content (AvgIpc) is 1.12. The van der Waals surface area contributed by atoms with Gasteiger partial charge in [-0.15, -0.1) is 0 Å². The minimum atomic E-state index is -6.10. The summed E-state index contributed by atoms with van der Waals surface area (Å²) in [4.78, 5) is 0. The van der Waals surface area contributed by atoms with Crippen molar-refractivity contribution in [2.45, 2.75) is 0 Å². The van der Waals surface area contributed by atoms with Gasteiger partial charge >= 0.3 is 118 Å². The van der Waals surface area contributed by atoms with Gasteiger partial charge in [0.05, 0.1) is 0 Å². The molecule has 0 bridgehead atoms. The molecule has 13 heavy (non-hydrogen) atoms. The van der Waals surface area contributed by atoms with Crippen molar-refractivity contribution in [3.8, 4) is 0 Å². The molecular formula is O8Sb2Se3. The van der Waals surface area contributed by atoms with Crippen molar-refractivity contribution < 1.29 is 26.3 Å². The Hall–Kier alpha value is 2.55. The van der Waals surface area contributed by atoms with Crippen LogP contribution in [0.2, 0.25) is 0 Å². The first kappa shape index (κ1) is 29.6. The van der Waals surface area contributed by atoms with Crippen molar-refractivity contribution in [3.63, 3.8) is 0 Å². The minimum absolute atomic E-state index is 0. The van der Waals surface area contributed by atoms with E-state index >= 15 is 0 Å². The van der Waals surface area contributed by atoms with Gasteiger partial charge in [0.15, 0.2) is 0 Å². The quantitative estimate of drug-likeness (QED) is 0.244. The van der Waals surface area contributed by atoms with E-state index in [1.54, 1.807) is 0 Å². The van der Waals surface area contributed by atoms with Crippen LogP contribution in [0.1, 0.15) is 0 Å². The third-order valence-corrected chi connectivity index (χ3v) is 0. The zero-order valence-electron chi connectivity index (χ0n) is 5.39. The SMILES string of the molecule is [O]=[Sb]([O-])([O-])[O-].[O]=[Sb]([O-])([O-])[O-].[Se+2].[Se+2].[Se+2]. The molecule has 0 aliphatic carbocycles. The standard InChI is InChI=1S/8O.2Sb.3Se/q;;6*-1;;;3*+2. The van der Waals surface area contributed by atoms with E-state index in [4.69, 9.17) is 26.3 Å².